The van der Waals surface area contributed by atoms with Crippen molar-refractivity contribution in [3.8, 4) is 11.5 Å². The van der Waals surface area contributed by atoms with Gasteiger partial charge >= 0.3 is 0 Å². The number of ether oxygens (including phenoxy) is 2. The number of allylic oxidation sites excluding steroid dienone is 3. The average molecular weight is 396 g/mol. The first kappa shape index (κ1) is 19.7. The highest BCUT2D eigenvalue weighted by atomic mass is 19.1. The molecule has 10 heteroatoms. The van der Waals surface area contributed by atoms with Gasteiger partial charge in [-0.3, -0.25) is 9.78 Å². The van der Waals surface area contributed by atoms with Gasteiger partial charge < -0.3 is 14.8 Å². The van der Waals surface area contributed by atoms with Crippen LogP contribution in [-0.4, -0.2) is 39.3 Å². The van der Waals surface area contributed by atoms with Gasteiger partial charge in [0.25, 0.3) is 5.91 Å². The van der Waals surface area contributed by atoms with Crippen molar-refractivity contribution >= 4 is 18.3 Å². The molecule has 0 spiro atoms. The molecule has 0 aliphatic heterocycles. The number of aromatic nitrogens is 4. The Labute approximate surface area is 165 Å². The van der Waals surface area contributed by atoms with E-state index < -0.39 is 11.7 Å². The molecule has 3 aromatic heterocycles. The molecule has 0 aliphatic rings. The van der Waals surface area contributed by atoms with Crippen molar-refractivity contribution in [1.82, 2.24) is 24.9 Å². The number of carbonyl (C=O) groups is 1. The normalized spacial score (nSPS) is 12.0. The molecule has 3 heterocycles. The Morgan fingerprint density at radius 1 is 1.31 bits per heavy atom. The molecule has 0 aliphatic carbocycles. The minimum Gasteiger partial charge on any atom is -0.501 e. The van der Waals surface area contributed by atoms with Crippen molar-refractivity contribution in [2.75, 3.05) is 7.11 Å². The van der Waals surface area contributed by atoms with Gasteiger partial charge in [-0.25, -0.2) is 18.9 Å². The molecule has 148 valence electrons. The maximum atomic E-state index is 13.3. The van der Waals surface area contributed by atoms with Crippen molar-refractivity contribution in [2.24, 2.45) is 4.99 Å². The molecule has 0 radical (unpaired) electrons. The summed E-state index contributed by atoms with van der Waals surface area (Å²) in [6, 6.07) is 2.63. The van der Waals surface area contributed by atoms with Gasteiger partial charge in [0, 0.05) is 6.07 Å². The van der Waals surface area contributed by atoms with E-state index in [2.05, 4.69) is 32.1 Å². The second kappa shape index (κ2) is 8.74. The lowest BCUT2D eigenvalue weighted by molar-refractivity contribution is 0.0966. The fourth-order valence-corrected chi connectivity index (χ4v) is 2.29. The number of aliphatic imine (C=N–C) groups is 1. The van der Waals surface area contributed by atoms with Gasteiger partial charge in [-0.1, -0.05) is 0 Å². The van der Waals surface area contributed by atoms with E-state index in [9.17, 15) is 9.18 Å². The minimum atomic E-state index is -0.548. The van der Waals surface area contributed by atoms with Gasteiger partial charge in [0.2, 0.25) is 0 Å². The van der Waals surface area contributed by atoms with E-state index in [0.717, 1.165) is 6.20 Å². The summed E-state index contributed by atoms with van der Waals surface area (Å²) in [5.74, 6) is 0.197. The first-order valence-corrected chi connectivity index (χ1v) is 8.32. The van der Waals surface area contributed by atoms with Crippen LogP contribution in [0.25, 0.3) is 5.65 Å². The van der Waals surface area contributed by atoms with Crippen LogP contribution in [0, 0.1) is 5.82 Å². The highest BCUT2D eigenvalue weighted by Crippen LogP contribution is 2.24. The number of halogens is 1. The van der Waals surface area contributed by atoms with Crippen molar-refractivity contribution in [1.29, 1.82) is 0 Å². The summed E-state index contributed by atoms with van der Waals surface area (Å²) in [5, 5.41) is 6.66. The highest BCUT2D eigenvalue weighted by molar-refractivity contribution is 6.01. The molecule has 0 saturated heterocycles. The zero-order valence-corrected chi connectivity index (χ0v) is 15.7. The first-order valence-electron chi connectivity index (χ1n) is 8.32. The maximum Gasteiger partial charge on any atom is 0.260 e. The van der Waals surface area contributed by atoms with E-state index in [1.807, 2.05) is 0 Å². The van der Waals surface area contributed by atoms with Crippen molar-refractivity contribution in [2.45, 2.75) is 6.92 Å². The maximum absolute atomic E-state index is 13.3. The zero-order chi connectivity index (χ0) is 20.8. The third-order valence-corrected chi connectivity index (χ3v) is 3.72. The Hall–Kier alpha value is -4.08. The predicted octanol–water partition coefficient (Wildman–Crippen LogP) is 2.88. The summed E-state index contributed by atoms with van der Waals surface area (Å²) in [5.41, 5.74) is 0.477. The Morgan fingerprint density at radius 2 is 2.14 bits per heavy atom. The lowest BCUT2D eigenvalue weighted by Gasteiger charge is -2.10. The Balaban J connectivity index is 1.92. The SMILES string of the molecule is C=N/C(=C\C=C(/C)OC)NC(=O)c1cc(Oc2cncc(F)c2)cn2ncnc12. The van der Waals surface area contributed by atoms with Crippen LogP contribution in [0.15, 0.2) is 65.8 Å². The third kappa shape index (κ3) is 4.80. The van der Waals surface area contributed by atoms with Crippen LogP contribution in [0.1, 0.15) is 17.3 Å². The second-order valence-electron chi connectivity index (χ2n) is 5.70. The molecule has 0 fully saturated rings. The van der Waals surface area contributed by atoms with Crippen LogP contribution in [0.4, 0.5) is 4.39 Å². The number of amides is 1. The number of methoxy groups -OCH3 is 1. The molecule has 9 nitrogen and oxygen atoms in total. The molecule has 0 bridgehead atoms. The fraction of sp³-hybridized carbons (Fsp3) is 0.105. The van der Waals surface area contributed by atoms with Crippen molar-refractivity contribution in [3.05, 3.63) is 72.2 Å². The number of nitrogens with zero attached hydrogens (tertiary/aromatic N) is 5. The summed E-state index contributed by atoms with van der Waals surface area (Å²) in [6.07, 6.45) is 8.39. The quantitative estimate of drug-likeness (QED) is 0.374. The summed E-state index contributed by atoms with van der Waals surface area (Å²) in [4.78, 5) is 24.4. The van der Waals surface area contributed by atoms with E-state index in [1.165, 1.54) is 42.5 Å². The van der Waals surface area contributed by atoms with Crippen molar-refractivity contribution in [3.63, 3.8) is 0 Å². The minimum absolute atomic E-state index is 0.171. The van der Waals surface area contributed by atoms with Crippen LogP contribution in [0.3, 0.4) is 0 Å². The number of nitrogens with one attached hydrogen (secondary N) is 1. The molecule has 0 aromatic carbocycles. The molecule has 0 saturated carbocycles. The molecular formula is C19H17FN6O3. The standard InChI is InChI=1S/C19H17FN6O3/c1-12(28-3)4-5-17(21-2)25-19(27)16-7-15(10-26-18(16)23-11-24-26)29-14-6-13(20)8-22-9-14/h4-11H,2H2,1,3H3,(H,25,27)/b12-4+,17-5+. The van der Waals surface area contributed by atoms with E-state index in [-0.39, 0.29) is 22.9 Å². The number of rotatable bonds is 7. The van der Waals surface area contributed by atoms with E-state index >= 15 is 0 Å². The largest absolute Gasteiger partial charge is 0.501 e. The van der Waals surface area contributed by atoms with E-state index in [0.29, 0.717) is 11.4 Å². The summed E-state index contributed by atoms with van der Waals surface area (Å²) < 4.78 is 25.4. The number of hydrogen-bond donors (Lipinski definition) is 1. The summed E-state index contributed by atoms with van der Waals surface area (Å²) in [7, 11) is 1.53. The first-order chi connectivity index (χ1) is 14.0. The van der Waals surface area contributed by atoms with Gasteiger partial charge in [-0.05, 0) is 31.9 Å². The summed E-state index contributed by atoms with van der Waals surface area (Å²) >= 11 is 0. The average Bonchev–Trinajstić information content (AvgIpc) is 3.18. The molecule has 0 unspecified atom stereocenters. The fourth-order valence-electron chi connectivity index (χ4n) is 2.29. The monoisotopic (exact) mass is 396 g/mol. The van der Waals surface area contributed by atoms with Crippen LogP contribution in [-0.2, 0) is 4.74 Å². The van der Waals surface area contributed by atoms with Crippen LogP contribution >= 0.6 is 0 Å². The third-order valence-electron chi connectivity index (χ3n) is 3.72. The van der Waals surface area contributed by atoms with Crippen LogP contribution < -0.4 is 10.1 Å². The molecular weight excluding hydrogens is 379 g/mol. The molecule has 0 atom stereocenters. The van der Waals surface area contributed by atoms with Gasteiger partial charge in [-0.2, -0.15) is 5.10 Å². The number of fused-ring (bicyclic) bond motifs is 1. The van der Waals surface area contributed by atoms with Crippen LogP contribution in [0.2, 0.25) is 0 Å². The van der Waals surface area contributed by atoms with E-state index in [1.54, 1.807) is 19.1 Å². The molecule has 3 aromatic rings. The van der Waals surface area contributed by atoms with Crippen LogP contribution in [0.5, 0.6) is 11.5 Å². The second-order valence-corrected chi connectivity index (χ2v) is 5.70. The molecule has 3 rings (SSSR count). The molecule has 1 amide bonds. The van der Waals surface area contributed by atoms with Gasteiger partial charge in [0.1, 0.15) is 29.5 Å². The topological polar surface area (TPSA) is 103 Å². The lowest BCUT2D eigenvalue weighted by atomic mass is 10.2. The van der Waals surface area contributed by atoms with E-state index in [4.69, 9.17) is 9.47 Å². The number of carbonyl (C=O) groups excluding carboxylic acids is 1. The number of hydrogen-bond acceptors (Lipinski definition) is 7. The van der Waals surface area contributed by atoms with Crippen molar-refractivity contribution < 1.29 is 18.7 Å². The predicted molar refractivity (Wildman–Crippen MR) is 103 cm³/mol. The lowest BCUT2D eigenvalue weighted by Crippen LogP contribution is -2.22. The summed E-state index contributed by atoms with van der Waals surface area (Å²) in [6.45, 7) is 5.19. The highest BCUT2D eigenvalue weighted by Gasteiger charge is 2.16. The Kier molecular flexibility index (Phi) is 5.93. The zero-order valence-electron chi connectivity index (χ0n) is 15.7. The molecule has 29 heavy (non-hydrogen) atoms. The Morgan fingerprint density at radius 3 is 2.86 bits per heavy atom. The molecule has 1 N–H and O–H groups in total. The van der Waals surface area contributed by atoms with Gasteiger partial charge in [-0.15, -0.1) is 0 Å². The number of pyridine rings is 2. The van der Waals surface area contributed by atoms with Gasteiger partial charge in [0.15, 0.2) is 5.65 Å². The van der Waals surface area contributed by atoms with Gasteiger partial charge in [0.05, 0.1) is 37.0 Å². The smallest absolute Gasteiger partial charge is 0.260 e. The Bertz CT molecular complexity index is 1120.